The van der Waals surface area contributed by atoms with E-state index < -0.39 is 6.10 Å². The highest BCUT2D eigenvalue weighted by molar-refractivity contribution is 6.30. The summed E-state index contributed by atoms with van der Waals surface area (Å²) >= 11 is 6.01. The number of amides is 1. The molecule has 2 aromatic rings. The minimum atomic E-state index is -0.536. The molecule has 1 aliphatic heterocycles. The molecule has 6 heteroatoms. The molecule has 0 bridgehead atoms. The van der Waals surface area contributed by atoms with Gasteiger partial charge in [-0.1, -0.05) is 17.7 Å². The third kappa shape index (κ3) is 3.55. The Kier molecular flexibility index (Phi) is 4.83. The number of hydrogen-bond donors (Lipinski definition) is 1. The quantitative estimate of drug-likeness (QED) is 0.899. The van der Waals surface area contributed by atoms with Gasteiger partial charge < -0.3 is 14.7 Å². The van der Waals surface area contributed by atoms with Crippen molar-refractivity contribution in [1.29, 1.82) is 0 Å². The molecule has 4 atom stereocenters. The van der Waals surface area contributed by atoms with E-state index in [-0.39, 0.29) is 12.0 Å². The van der Waals surface area contributed by atoms with E-state index in [0.717, 1.165) is 6.42 Å². The fourth-order valence-corrected chi connectivity index (χ4v) is 4.26. The first-order valence-electron chi connectivity index (χ1n) is 8.90. The first-order chi connectivity index (χ1) is 12.6. The number of aliphatic hydroxyl groups is 1. The third-order valence-corrected chi connectivity index (χ3v) is 5.62. The van der Waals surface area contributed by atoms with Crippen LogP contribution in [-0.4, -0.2) is 46.2 Å². The number of pyridine rings is 1. The second-order valence-electron chi connectivity index (χ2n) is 7.12. The van der Waals surface area contributed by atoms with E-state index in [2.05, 4.69) is 4.98 Å². The summed E-state index contributed by atoms with van der Waals surface area (Å²) in [6.45, 7) is 1.39. The molecule has 0 spiro atoms. The van der Waals surface area contributed by atoms with Crippen molar-refractivity contribution in [3.63, 3.8) is 0 Å². The average molecular weight is 373 g/mol. The van der Waals surface area contributed by atoms with E-state index in [1.54, 1.807) is 36.7 Å². The lowest BCUT2D eigenvalue weighted by atomic mass is 9.78. The van der Waals surface area contributed by atoms with Crippen LogP contribution in [0.3, 0.4) is 0 Å². The van der Waals surface area contributed by atoms with E-state index in [1.807, 2.05) is 17.0 Å². The van der Waals surface area contributed by atoms with Crippen molar-refractivity contribution in [2.24, 2.45) is 11.8 Å². The summed E-state index contributed by atoms with van der Waals surface area (Å²) < 4.78 is 5.99. The minimum Gasteiger partial charge on any atom is -0.488 e. The van der Waals surface area contributed by atoms with Gasteiger partial charge in [0.2, 0.25) is 0 Å². The van der Waals surface area contributed by atoms with Crippen molar-refractivity contribution >= 4 is 17.5 Å². The predicted octanol–water partition coefficient (Wildman–Crippen LogP) is 3.03. The van der Waals surface area contributed by atoms with Crippen LogP contribution in [0.1, 0.15) is 23.2 Å². The lowest BCUT2D eigenvalue weighted by molar-refractivity contribution is -0.0231. The molecular formula is C20H21ClN2O3. The second-order valence-corrected chi connectivity index (χ2v) is 7.56. The average Bonchev–Trinajstić information content (AvgIpc) is 3.05. The Morgan fingerprint density at radius 3 is 2.62 bits per heavy atom. The van der Waals surface area contributed by atoms with Crippen LogP contribution in [0.2, 0.25) is 5.02 Å². The number of hydrogen-bond acceptors (Lipinski definition) is 4. The number of rotatable bonds is 3. The van der Waals surface area contributed by atoms with Crippen molar-refractivity contribution < 1.29 is 14.6 Å². The largest absolute Gasteiger partial charge is 0.488 e. The highest BCUT2D eigenvalue weighted by atomic mass is 35.5. The van der Waals surface area contributed by atoms with Crippen molar-refractivity contribution in [1.82, 2.24) is 9.88 Å². The van der Waals surface area contributed by atoms with Crippen LogP contribution in [0.15, 0.2) is 48.8 Å². The van der Waals surface area contributed by atoms with E-state index in [9.17, 15) is 9.90 Å². The monoisotopic (exact) mass is 372 g/mol. The van der Waals surface area contributed by atoms with E-state index in [4.69, 9.17) is 16.3 Å². The zero-order chi connectivity index (χ0) is 18.1. The van der Waals surface area contributed by atoms with Crippen LogP contribution in [0.4, 0.5) is 0 Å². The molecule has 136 valence electrons. The molecule has 26 heavy (non-hydrogen) atoms. The molecule has 2 heterocycles. The molecule has 0 radical (unpaired) electrons. The van der Waals surface area contributed by atoms with Gasteiger partial charge in [-0.15, -0.1) is 0 Å². The molecule has 0 unspecified atom stereocenters. The fraction of sp³-hybridized carbons (Fsp3) is 0.400. The van der Waals surface area contributed by atoms with E-state index in [0.29, 0.717) is 47.7 Å². The lowest BCUT2D eigenvalue weighted by Crippen LogP contribution is -2.42. The molecule has 1 N–H and O–H groups in total. The maximum Gasteiger partial charge on any atom is 0.253 e. The number of benzene rings is 1. The smallest absolute Gasteiger partial charge is 0.253 e. The van der Waals surface area contributed by atoms with Gasteiger partial charge in [0, 0.05) is 36.1 Å². The summed E-state index contributed by atoms with van der Waals surface area (Å²) in [4.78, 5) is 18.5. The summed E-state index contributed by atoms with van der Waals surface area (Å²) in [7, 11) is 0. The summed E-state index contributed by atoms with van der Waals surface area (Å²) in [5, 5.41) is 11.1. The maximum absolute atomic E-state index is 12.7. The van der Waals surface area contributed by atoms with Crippen LogP contribution in [0.25, 0.3) is 0 Å². The second kappa shape index (κ2) is 7.25. The summed E-state index contributed by atoms with van der Waals surface area (Å²) in [5.41, 5.74) is 0.658. The first kappa shape index (κ1) is 17.3. The summed E-state index contributed by atoms with van der Waals surface area (Å²) in [6, 6.07) is 10.7. The number of fused-ring (bicyclic) bond motifs is 1. The van der Waals surface area contributed by atoms with Gasteiger partial charge in [-0.25, -0.2) is 0 Å². The van der Waals surface area contributed by atoms with Crippen LogP contribution >= 0.6 is 11.6 Å². The molecule has 1 saturated heterocycles. The van der Waals surface area contributed by atoms with Crippen LogP contribution in [0, 0.1) is 11.8 Å². The topological polar surface area (TPSA) is 62.7 Å². The molecule has 5 nitrogen and oxygen atoms in total. The van der Waals surface area contributed by atoms with Crippen molar-refractivity contribution in [2.45, 2.75) is 25.0 Å². The summed E-state index contributed by atoms with van der Waals surface area (Å²) in [5.74, 6) is 1.36. The molecule has 4 rings (SSSR count). The normalized spacial score (nSPS) is 27.8. The van der Waals surface area contributed by atoms with Crippen molar-refractivity contribution in [2.75, 3.05) is 13.1 Å². The Hall–Kier alpha value is -2.11. The Labute approximate surface area is 157 Å². The molecule has 1 amide bonds. The zero-order valence-electron chi connectivity index (χ0n) is 14.3. The highest BCUT2D eigenvalue weighted by Crippen LogP contribution is 2.38. The van der Waals surface area contributed by atoms with Gasteiger partial charge >= 0.3 is 0 Å². The maximum atomic E-state index is 12.7. The number of likely N-dealkylation sites (tertiary alicyclic amines) is 1. The van der Waals surface area contributed by atoms with E-state index >= 15 is 0 Å². The third-order valence-electron chi connectivity index (χ3n) is 5.38. The molecular weight excluding hydrogens is 352 g/mol. The fourth-order valence-electron chi connectivity index (χ4n) is 4.07. The molecule has 2 aliphatic rings. The molecule has 1 aromatic heterocycles. The Morgan fingerprint density at radius 1 is 1.15 bits per heavy atom. The Morgan fingerprint density at radius 2 is 1.88 bits per heavy atom. The minimum absolute atomic E-state index is 0.0311. The summed E-state index contributed by atoms with van der Waals surface area (Å²) in [6.07, 6.45) is 3.84. The van der Waals surface area contributed by atoms with Gasteiger partial charge in [0.1, 0.15) is 11.9 Å². The number of carbonyl (C=O) groups excluding carboxylic acids is 1. The van der Waals surface area contributed by atoms with Gasteiger partial charge in [-0.3, -0.25) is 9.78 Å². The van der Waals surface area contributed by atoms with Gasteiger partial charge in [0.25, 0.3) is 5.91 Å². The number of ether oxygens (including phenoxy) is 1. The van der Waals surface area contributed by atoms with Crippen LogP contribution in [0.5, 0.6) is 5.75 Å². The van der Waals surface area contributed by atoms with Crippen molar-refractivity contribution in [3.8, 4) is 5.75 Å². The number of aromatic nitrogens is 1. The van der Waals surface area contributed by atoms with Gasteiger partial charge in [-0.2, -0.15) is 0 Å². The van der Waals surface area contributed by atoms with E-state index in [1.165, 1.54) is 0 Å². The number of nitrogens with zero attached hydrogens (tertiary/aromatic N) is 2. The van der Waals surface area contributed by atoms with Crippen molar-refractivity contribution in [3.05, 3.63) is 59.4 Å². The van der Waals surface area contributed by atoms with Gasteiger partial charge in [-0.05, 0) is 55.0 Å². The van der Waals surface area contributed by atoms with Gasteiger partial charge in [0.05, 0.1) is 6.10 Å². The number of aliphatic hydroxyl groups excluding tert-OH is 1. The Balaban J connectivity index is 1.42. The zero-order valence-corrected chi connectivity index (χ0v) is 15.0. The number of halogens is 1. The SMILES string of the molecule is O=C(c1ccncc1)N1C[C@H]2C[C@@H](Oc3cccc(Cl)c3)[C@H](O)C[C@H]2C1. The van der Waals surface area contributed by atoms with Crippen LogP contribution < -0.4 is 4.74 Å². The standard InChI is InChI=1S/C20H21ClN2O3/c21-16-2-1-3-17(10-16)26-19-9-15-12-23(11-14(15)8-18(19)24)20(25)13-4-6-22-7-5-13/h1-7,10,14-15,18-19,24H,8-9,11-12H2/t14-,15+,18+,19+/m0/s1. The molecule has 1 aromatic carbocycles. The number of carbonyl (C=O) groups is 1. The highest BCUT2D eigenvalue weighted by Gasteiger charge is 2.44. The predicted molar refractivity (Wildman–Crippen MR) is 98.2 cm³/mol. The van der Waals surface area contributed by atoms with Crippen LogP contribution in [-0.2, 0) is 0 Å². The van der Waals surface area contributed by atoms with Gasteiger partial charge in [0.15, 0.2) is 0 Å². The molecule has 1 aliphatic carbocycles. The lowest BCUT2D eigenvalue weighted by Gasteiger charge is -2.35. The first-order valence-corrected chi connectivity index (χ1v) is 9.27. The molecule has 2 fully saturated rings. The molecule has 1 saturated carbocycles. The Bertz CT molecular complexity index is 786.